The summed E-state index contributed by atoms with van der Waals surface area (Å²) in [5.74, 6) is 0.398. The van der Waals surface area contributed by atoms with Crippen molar-refractivity contribution in [2.24, 2.45) is 10.9 Å². The number of hydrogen-bond donors (Lipinski definition) is 2. The standard InChI is InChI=1S/C28H32N6O4S.2H2/c1-4-33-11-10-20(15-23(33)29-3)25-17(2)14-19-6-5-7-21(19)26(25)30-28(35)32-39(36,37)24-16-22-27(18-8-9-18)38-13-12-34(22)31-24;;/h4,10-11,14-16,18,27H,1,5-9,12-13H2,2-3H3,(H2,30,32,35);2*1H/t27-;;/m1../s1. The number of aromatic nitrogens is 3. The molecule has 2 amide bonds. The number of aryl methyl sites for hydroxylation is 2. The Morgan fingerprint density at radius 3 is 2.85 bits per heavy atom. The largest absolute Gasteiger partial charge is 0.370 e. The molecule has 3 aromatic rings. The van der Waals surface area contributed by atoms with Crippen molar-refractivity contribution >= 4 is 27.9 Å². The summed E-state index contributed by atoms with van der Waals surface area (Å²) in [6, 6.07) is 6.73. The zero-order chi connectivity index (χ0) is 27.3. The van der Waals surface area contributed by atoms with E-state index in [2.05, 4.69) is 32.8 Å². The van der Waals surface area contributed by atoms with Crippen LogP contribution in [0.2, 0.25) is 0 Å². The zero-order valence-corrected chi connectivity index (χ0v) is 22.9. The molecule has 1 saturated carbocycles. The molecular formula is C28H36N6O4S. The van der Waals surface area contributed by atoms with Gasteiger partial charge in [-0.1, -0.05) is 12.6 Å². The van der Waals surface area contributed by atoms with Crippen molar-refractivity contribution in [3.05, 3.63) is 64.9 Å². The molecule has 2 aromatic heterocycles. The molecule has 2 aliphatic carbocycles. The highest BCUT2D eigenvalue weighted by atomic mass is 32.2. The molecule has 2 N–H and O–H groups in total. The Morgan fingerprint density at radius 2 is 2.10 bits per heavy atom. The number of nitrogens with zero attached hydrogens (tertiary/aromatic N) is 4. The van der Waals surface area contributed by atoms with E-state index in [4.69, 9.17) is 4.74 Å². The predicted octanol–water partition coefficient (Wildman–Crippen LogP) is 4.26. The van der Waals surface area contributed by atoms with Crippen molar-refractivity contribution in [2.45, 2.75) is 56.7 Å². The summed E-state index contributed by atoms with van der Waals surface area (Å²) in [5.41, 5.74) is 6.97. The lowest BCUT2D eigenvalue weighted by Crippen LogP contribution is -2.35. The zero-order valence-electron chi connectivity index (χ0n) is 22.1. The number of nitrogens with one attached hydrogen (secondary N) is 2. The number of rotatable bonds is 6. The number of ether oxygens (including phenoxy) is 1. The molecule has 0 radical (unpaired) electrons. The van der Waals surface area contributed by atoms with Crippen LogP contribution in [0, 0.1) is 12.8 Å². The molecule has 3 heterocycles. The molecular weight excluding hydrogens is 516 g/mol. The maximum absolute atomic E-state index is 13.2. The first-order valence-corrected chi connectivity index (χ1v) is 14.7. The number of anilines is 1. The molecule has 6 rings (SSSR count). The van der Waals surface area contributed by atoms with Crippen LogP contribution < -0.4 is 15.5 Å². The Labute approximate surface area is 230 Å². The van der Waals surface area contributed by atoms with Crippen molar-refractivity contribution in [2.75, 3.05) is 19.0 Å². The van der Waals surface area contributed by atoms with E-state index in [9.17, 15) is 13.2 Å². The quantitative estimate of drug-likeness (QED) is 0.474. The summed E-state index contributed by atoms with van der Waals surface area (Å²) in [4.78, 5) is 17.6. The smallest absolute Gasteiger partial charge is 0.333 e. The number of pyridine rings is 1. The molecule has 1 atom stereocenters. The van der Waals surface area contributed by atoms with Crippen LogP contribution in [0.15, 0.2) is 47.1 Å². The van der Waals surface area contributed by atoms with E-state index >= 15 is 0 Å². The van der Waals surface area contributed by atoms with Crippen LogP contribution in [-0.2, 0) is 34.1 Å². The van der Waals surface area contributed by atoms with Crippen LogP contribution >= 0.6 is 0 Å². The van der Waals surface area contributed by atoms with Crippen LogP contribution in [0.1, 0.15) is 50.6 Å². The van der Waals surface area contributed by atoms with Gasteiger partial charge in [-0.2, -0.15) is 13.5 Å². The van der Waals surface area contributed by atoms with E-state index in [0.29, 0.717) is 30.2 Å². The summed E-state index contributed by atoms with van der Waals surface area (Å²) in [6.45, 7) is 6.80. The molecule has 11 heteroatoms. The van der Waals surface area contributed by atoms with Gasteiger partial charge in [-0.15, -0.1) is 0 Å². The molecule has 39 heavy (non-hydrogen) atoms. The average Bonchev–Trinajstić information content (AvgIpc) is 3.47. The third-order valence-corrected chi connectivity index (χ3v) is 8.95. The lowest BCUT2D eigenvalue weighted by Gasteiger charge is -2.23. The van der Waals surface area contributed by atoms with Gasteiger partial charge in [0.2, 0.25) is 0 Å². The predicted molar refractivity (Wildman–Crippen MR) is 152 cm³/mol. The van der Waals surface area contributed by atoms with E-state index in [1.165, 1.54) is 11.6 Å². The second-order valence-corrected chi connectivity index (χ2v) is 12.0. The summed E-state index contributed by atoms with van der Waals surface area (Å²) >= 11 is 0. The maximum Gasteiger partial charge on any atom is 0.333 e. The molecule has 3 aliphatic rings. The van der Waals surface area contributed by atoms with Gasteiger partial charge in [0, 0.05) is 33.9 Å². The van der Waals surface area contributed by atoms with Gasteiger partial charge >= 0.3 is 6.03 Å². The van der Waals surface area contributed by atoms with E-state index in [1.54, 1.807) is 17.9 Å². The second kappa shape index (κ2) is 9.80. The van der Waals surface area contributed by atoms with E-state index < -0.39 is 16.1 Å². The number of carbonyl (C=O) groups is 1. The average molecular weight is 553 g/mol. The van der Waals surface area contributed by atoms with Crippen molar-refractivity contribution in [3.63, 3.8) is 0 Å². The third-order valence-electron chi connectivity index (χ3n) is 7.75. The summed E-state index contributed by atoms with van der Waals surface area (Å²) in [7, 11) is -2.50. The van der Waals surface area contributed by atoms with Gasteiger partial charge in [0.25, 0.3) is 10.0 Å². The molecule has 1 aromatic carbocycles. The minimum atomic E-state index is -4.20. The first-order valence-electron chi connectivity index (χ1n) is 13.3. The minimum Gasteiger partial charge on any atom is -0.370 e. The Morgan fingerprint density at radius 1 is 1.28 bits per heavy atom. The Bertz CT molecular complexity index is 1680. The minimum absolute atomic E-state index is 0. The number of amides is 2. The van der Waals surface area contributed by atoms with Crippen LogP contribution in [-0.4, -0.2) is 42.5 Å². The van der Waals surface area contributed by atoms with E-state index in [1.807, 2.05) is 29.8 Å². The van der Waals surface area contributed by atoms with E-state index in [-0.39, 0.29) is 14.0 Å². The fraction of sp³-hybridized carbons (Fsp3) is 0.393. The number of hydrogen-bond acceptors (Lipinski definition) is 6. The third kappa shape index (κ3) is 4.70. The van der Waals surface area contributed by atoms with Crippen LogP contribution in [0.4, 0.5) is 10.5 Å². The molecule has 0 saturated heterocycles. The van der Waals surface area contributed by atoms with Gasteiger partial charge in [-0.05, 0) is 79.3 Å². The fourth-order valence-electron chi connectivity index (χ4n) is 5.78. The number of carbonyl (C=O) groups excluding carboxylic acids is 1. The summed E-state index contributed by atoms with van der Waals surface area (Å²) < 4.78 is 38.0. The Hall–Kier alpha value is -3.70. The van der Waals surface area contributed by atoms with Crippen LogP contribution in [0.5, 0.6) is 0 Å². The normalized spacial score (nSPS) is 18.9. The van der Waals surface area contributed by atoms with Crippen molar-refractivity contribution in [3.8, 4) is 11.1 Å². The monoisotopic (exact) mass is 552 g/mol. The van der Waals surface area contributed by atoms with Gasteiger partial charge < -0.3 is 14.6 Å². The number of sulfonamides is 1. The number of benzene rings is 1. The highest BCUT2D eigenvalue weighted by molar-refractivity contribution is 7.90. The highest BCUT2D eigenvalue weighted by Gasteiger charge is 2.38. The van der Waals surface area contributed by atoms with Crippen molar-refractivity contribution in [1.29, 1.82) is 0 Å². The SMILES string of the molecule is C=Cn1ccc(-c2c(C)cc3c(c2NC(=O)NS(=O)(=O)c2cc4n(n2)CCO[C@@H]4C2CC2)CCC3)cc1=NC.[HH].[HH]. The highest BCUT2D eigenvalue weighted by Crippen LogP contribution is 2.45. The fourth-order valence-corrected chi connectivity index (χ4v) is 6.66. The molecule has 0 bridgehead atoms. The van der Waals surface area contributed by atoms with Gasteiger partial charge in [0.15, 0.2) is 5.03 Å². The first-order chi connectivity index (χ1) is 18.8. The number of fused-ring (bicyclic) bond motifs is 2. The first kappa shape index (κ1) is 25.6. The molecule has 208 valence electrons. The molecule has 0 spiro atoms. The Balaban J connectivity index is 0.00000194. The maximum atomic E-state index is 13.2. The number of urea groups is 1. The van der Waals surface area contributed by atoms with Gasteiger partial charge in [-0.3, -0.25) is 9.67 Å². The van der Waals surface area contributed by atoms with Crippen LogP contribution in [0.3, 0.4) is 0 Å². The summed E-state index contributed by atoms with van der Waals surface area (Å²) in [6.07, 6.45) is 8.19. The Kier molecular flexibility index (Phi) is 6.43. The van der Waals surface area contributed by atoms with Crippen LogP contribution in [0.25, 0.3) is 17.3 Å². The second-order valence-electron chi connectivity index (χ2n) is 10.3. The van der Waals surface area contributed by atoms with Gasteiger partial charge in [0.1, 0.15) is 11.6 Å². The molecule has 0 unspecified atom stereocenters. The lowest BCUT2D eigenvalue weighted by molar-refractivity contribution is 0.00273. The van der Waals surface area contributed by atoms with Gasteiger partial charge in [0.05, 0.1) is 24.5 Å². The van der Waals surface area contributed by atoms with E-state index in [0.717, 1.165) is 60.1 Å². The molecule has 10 nitrogen and oxygen atoms in total. The lowest BCUT2D eigenvalue weighted by atomic mass is 9.93. The van der Waals surface area contributed by atoms with Gasteiger partial charge in [-0.25, -0.2) is 9.52 Å². The topological polar surface area (TPSA) is 120 Å². The molecule has 1 fully saturated rings. The van der Waals surface area contributed by atoms with Crippen molar-refractivity contribution in [1.82, 2.24) is 19.1 Å². The van der Waals surface area contributed by atoms with Crippen molar-refractivity contribution < 1.29 is 20.8 Å². The molecule has 1 aliphatic heterocycles. The summed E-state index contributed by atoms with van der Waals surface area (Å²) in [5, 5.41) is 7.02.